The molecule has 6 atom stereocenters. The number of ether oxygens (including phenoxy) is 2. The zero-order valence-corrected chi connectivity index (χ0v) is 34.3. The minimum atomic E-state index is -4.78. The molecule has 2 aromatic carbocycles. The van der Waals surface area contributed by atoms with Gasteiger partial charge in [0, 0.05) is 0 Å². The monoisotopic (exact) mass is 807 g/mol. The normalized spacial score (nSPS) is 21.2. The molecule has 2 aromatic heterocycles. The second-order valence-corrected chi connectivity index (χ2v) is 16.9. The van der Waals surface area contributed by atoms with Crippen LogP contribution in [0.1, 0.15) is 133 Å². The third kappa shape index (κ3) is 13.0. The van der Waals surface area contributed by atoms with Crippen molar-refractivity contribution in [2.45, 2.75) is 153 Å². The number of aromatic nitrogens is 3. The van der Waals surface area contributed by atoms with Gasteiger partial charge in [0.1, 0.15) is 42.8 Å². The third-order valence-corrected chi connectivity index (χ3v) is 11.9. The summed E-state index contributed by atoms with van der Waals surface area (Å²) in [6.07, 6.45) is 16.9. The maximum Gasteiger partial charge on any atom is 0.472 e. The van der Waals surface area contributed by atoms with Crippen LogP contribution in [0.3, 0.4) is 0 Å². The van der Waals surface area contributed by atoms with Gasteiger partial charge in [0.15, 0.2) is 5.82 Å². The van der Waals surface area contributed by atoms with Crippen LogP contribution in [-0.2, 0) is 29.7 Å². The number of nitrogens with two attached hydrogens (primary N) is 1. The SMILES string of the molecule is CCCCCCCCCCCCCCCCCC[C@@H](COP(=O)(O)OC[C@@]1(C#N)O[C@@H](c2ccc3c(N)ncnn23)[C@H](O)[C@@H]1O)OCc1ccc2ccccc2c1. The number of aliphatic hydroxyl groups is 2. The van der Waals surface area contributed by atoms with Gasteiger partial charge in [0.2, 0.25) is 5.60 Å². The smallest absolute Gasteiger partial charge is 0.387 e. The Morgan fingerprint density at radius 1 is 0.895 bits per heavy atom. The number of nitrogens with zero attached hydrogens (tertiary/aromatic N) is 4. The molecule has 1 saturated heterocycles. The molecule has 1 aliphatic heterocycles. The van der Waals surface area contributed by atoms with Crippen LogP contribution in [0.15, 0.2) is 60.9 Å². The van der Waals surface area contributed by atoms with E-state index in [4.69, 9.17) is 24.3 Å². The molecular formula is C43H62N5O8P. The highest BCUT2D eigenvalue weighted by Gasteiger charge is 2.57. The Bertz CT molecular complexity index is 1900. The molecule has 3 heterocycles. The second kappa shape index (κ2) is 22.6. The van der Waals surface area contributed by atoms with E-state index in [2.05, 4.69) is 23.1 Å². The number of benzene rings is 2. The number of hydrogen-bond donors (Lipinski definition) is 4. The molecular weight excluding hydrogens is 745 g/mol. The Morgan fingerprint density at radius 2 is 1.53 bits per heavy atom. The van der Waals surface area contributed by atoms with E-state index in [0.717, 1.165) is 35.6 Å². The van der Waals surface area contributed by atoms with Crippen LogP contribution in [0.5, 0.6) is 0 Å². The van der Waals surface area contributed by atoms with Gasteiger partial charge in [-0.2, -0.15) is 10.4 Å². The number of nitriles is 1. The molecule has 13 nitrogen and oxygen atoms in total. The summed E-state index contributed by atoms with van der Waals surface area (Å²) in [5, 5.41) is 38.3. The number of aliphatic hydroxyl groups excluding tert-OH is 2. The molecule has 0 bridgehead atoms. The van der Waals surface area contributed by atoms with Crippen molar-refractivity contribution in [3.05, 3.63) is 72.2 Å². The second-order valence-electron chi connectivity index (χ2n) is 15.4. The van der Waals surface area contributed by atoms with Crippen LogP contribution < -0.4 is 5.73 Å². The maximum absolute atomic E-state index is 13.2. The van der Waals surface area contributed by atoms with E-state index < -0.39 is 44.4 Å². The summed E-state index contributed by atoms with van der Waals surface area (Å²) in [5.41, 5.74) is 5.45. The fourth-order valence-electron chi connectivity index (χ4n) is 7.54. The van der Waals surface area contributed by atoms with Crippen molar-refractivity contribution >= 4 is 29.9 Å². The lowest BCUT2D eigenvalue weighted by Crippen LogP contribution is -2.45. The fourth-order valence-corrected chi connectivity index (χ4v) is 8.33. The maximum atomic E-state index is 13.2. The minimum Gasteiger partial charge on any atom is -0.387 e. The lowest BCUT2D eigenvalue weighted by atomic mass is 9.96. The molecule has 0 spiro atoms. The summed E-state index contributed by atoms with van der Waals surface area (Å²) in [6, 6.07) is 19.2. The lowest BCUT2D eigenvalue weighted by Gasteiger charge is -2.26. The molecule has 5 N–H and O–H groups in total. The summed E-state index contributed by atoms with van der Waals surface area (Å²) >= 11 is 0. The Balaban J connectivity index is 1.08. The summed E-state index contributed by atoms with van der Waals surface area (Å²) in [6.45, 7) is 1.46. The summed E-state index contributed by atoms with van der Waals surface area (Å²) < 4.78 is 37.4. The van der Waals surface area contributed by atoms with Gasteiger partial charge in [0.25, 0.3) is 0 Å². The van der Waals surface area contributed by atoms with E-state index in [1.807, 2.05) is 42.5 Å². The lowest BCUT2D eigenvalue weighted by molar-refractivity contribution is -0.0763. The number of phosphoric ester groups is 1. The van der Waals surface area contributed by atoms with E-state index in [-0.39, 0.29) is 19.0 Å². The minimum absolute atomic E-state index is 0.187. The van der Waals surface area contributed by atoms with Gasteiger partial charge in [0.05, 0.1) is 25.0 Å². The number of fused-ring (bicyclic) bond motifs is 2. The molecule has 57 heavy (non-hydrogen) atoms. The van der Waals surface area contributed by atoms with E-state index in [1.54, 1.807) is 12.1 Å². The van der Waals surface area contributed by atoms with Gasteiger partial charge in [-0.3, -0.25) is 9.05 Å². The van der Waals surface area contributed by atoms with Crippen molar-refractivity contribution in [2.75, 3.05) is 18.9 Å². The predicted molar refractivity (Wildman–Crippen MR) is 220 cm³/mol. The van der Waals surface area contributed by atoms with E-state index in [0.29, 0.717) is 17.6 Å². The van der Waals surface area contributed by atoms with Crippen molar-refractivity contribution in [1.29, 1.82) is 5.26 Å². The summed E-state index contributed by atoms with van der Waals surface area (Å²) in [7, 11) is -4.78. The van der Waals surface area contributed by atoms with Crippen molar-refractivity contribution in [3.63, 3.8) is 0 Å². The van der Waals surface area contributed by atoms with Crippen LogP contribution in [-0.4, -0.2) is 66.8 Å². The third-order valence-electron chi connectivity index (χ3n) is 11.0. The van der Waals surface area contributed by atoms with E-state index in [9.17, 15) is 24.9 Å². The highest BCUT2D eigenvalue weighted by Crippen LogP contribution is 2.48. The number of phosphoric acid groups is 1. The van der Waals surface area contributed by atoms with Crippen LogP contribution in [0.25, 0.3) is 16.3 Å². The first kappa shape index (κ1) is 44.7. The average molecular weight is 808 g/mol. The van der Waals surface area contributed by atoms with Gasteiger partial charge in [-0.1, -0.05) is 146 Å². The summed E-state index contributed by atoms with van der Waals surface area (Å²) in [4.78, 5) is 14.7. The number of hydrogen-bond acceptors (Lipinski definition) is 11. The van der Waals surface area contributed by atoms with Crippen molar-refractivity contribution in [2.24, 2.45) is 0 Å². The molecule has 14 heteroatoms. The van der Waals surface area contributed by atoms with Gasteiger partial charge in [-0.15, -0.1) is 0 Å². The molecule has 312 valence electrons. The number of rotatable bonds is 27. The van der Waals surface area contributed by atoms with Crippen LogP contribution in [0.2, 0.25) is 0 Å². The number of unbranched alkanes of at least 4 members (excludes halogenated alkanes) is 15. The Hall–Kier alpha value is -3.44. The quantitative estimate of drug-likeness (QED) is 0.0331. The standard InChI is InChI=1S/C43H62N5O8P/c1-2-3-4-5-6-7-8-9-10-11-12-13-14-15-16-17-22-36(53-28-33-23-24-34-20-18-19-21-35(34)27-33)29-54-57(51,52)55-31-43(30-44)41(50)39(49)40(56-43)37-25-26-38-42(45)46-32-47-48(37)38/h18-21,23-27,32,36,39-41,49-50H,2-17,22,28-29,31H2,1H3,(H,51,52)(H2,45,46,47)/t36-,39-,40-,41-,43+/m0/s1. The molecule has 0 saturated carbocycles. The van der Waals surface area contributed by atoms with Crippen molar-refractivity contribution in [1.82, 2.24) is 14.6 Å². The molecule has 5 rings (SSSR count). The topological polar surface area (TPSA) is 195 Å². The van der Waals surface area contributed by atoms with Crippen LogP contribution in [0, 0.1) is 11.3 Å². The van der Waals surface area contributed by atoms with Crippen LogP contribution >= 0.6 is 7.82 Å². The van der Waals surface area contributed by atoms with Crippen molar-refractivity contribution < 1.29 is 38.2 Å². The van der Waals surface area contributed by atoms with Gasteiger partial charge in [-0.25, -0.2) is 14.1 Å². The molecule has 0 amide bonds. The van der Waals surface area contributed by atoms with Gasteiger partial charge in [-0.05, 0) is 41.0 Å². The Labute approximate surface area is 337 Å². The Kier molecular flexibility index (Phi) is 17.7. The first-order chi connectivity index (χ1) is 27.7. The highest BCUT2D eigenvalue weighted by atomic mass is 31.2. The first-order valence-corrected chi connectivity index (χ1v) is 22.4. The zero-order valence-electron chi connectivity index (χ0n) is 33.4. The summed E-state index contributed by atoms with van der Waals surface area (Å²) in [5.74, 6) is 0.187. The predicted octanol–water partition coefficient (Wildman–Crippen LogP) is 8.89. The fraction of sp³-hybridized carbons (Fsp3) is 0.605. The number of anilines is 1. The molecule has 1 aliphatic rings. The Morgan fingerprint density at radius 3 is 2.18 bits per heavy atom. The van der Waals surface area contributed by atoms with Gasteiger partial charge >= 0.3 is 7.82 Å². The average Bonchev–Trinajstić information content (AvgIpc) is 3.76. The van der Waals surface area contributed by atoms with E-state index in [1.165, 1.54) is 94.3 Å². The molecule has 1 fully saturated rings. The van der Waals surface area contributed by atoms with Gasteiger partial charge < -0.3 is 30.3 Å². The number of nitrogen functional groups attached to an aromatic ring is 1. The highest BCUT2D eigenvalue weighted by molar-refractivity contribution is 7.47. The van der Waals surface area contributed by atoms with Crippen LogP contribution in [0.4, 0.5) is 5.82 Å². The zero-order chi connectivity index (χ0) is 40.5. The first-order valence-electron chi connectivity index (χ1n) is 20.9. The molecule has 0 aliphatic carbocycles. The largest absolute Gasteiger partial charge is 0.472 e. The molecule has 4 aromatic rings. The molecule has 0 radical (unpaired) electrons. The molecule has 1 unspecified atom stereocenters. The van der Waals surface area contributed by atoms with E-state index >= 15 is 0 Å². The van der Waals surface area contributed by atoms with Crippen molar-refractivity contribution in [3.8, 4) is 6.07 Å².